The van der Waals surface area contributed by atoms with Crippen LogP contribution < -0.4 is 15.0 Å². The van der Waals surface area contributed by atoms with Crippen LogP contribution in [0.15, 0.2) is 66.9 Å². The van der Waals surface area contributed by atoms with Crippen LogP contribution in [0.4, 0.5) is 14.5 Å². The number of carbonyl (C=O) groups excluding carboxylic acids is 2. The van der Waals surface area contributed by atoms with Crippen molar-refractivity contribution < 1.29 is 23.1 Å². The van der Waals surface area contributed by atoms with Crippen LogP contribution in [0.5, 0.6) is 5.75 Å². The van der Waals surface area contributed by atoms with Crippen molar-refractivity contribution in [1.82, 2.24) is 10.3 Å². The number of carbonyl (C=O) groups is 2. The summed E-state index contributed by atoms with van der Waals surface area (Å²) >= 11 is 0. The van der Waals surface area contributed by atoms with Crippen LogP contribution in [0, 0.1) is 17.6 Å². The minimum atomic E-state index is -0.833. The van der Waals surface area contributed by atoms with E-state index in [9.17, 15) is 18.4 Å². The maximum Gasteiger partial charge on any atom is 0.227 e. The van der Waals surface area contributed by atoms with Gasteiger partial charge in [0.15, 0.2) is 0 Å². The Kier molecular flexibility index (Phi) is 6.63. The number of hydrogen-bond acceptors (Lipinski definition) is 4. The van der Waals surface area contributed by atoms with Crippen LogP contribution in [0.2, 0.25) is 0 Å². The van der Waals surface area contributed by atoms with E-state index < -0.39 is 17.6 Å². The number of benzene rings is 2. The number of pyridine rings is 1. The van der Waals surface area contributed by atoms with E-state index in [1.165, 1.54) is 11.0 Å². The Labute approximate surface area is 190 Å². The summed E-state index contributed by atoms with van der Waals surface area (Å²) in [4.78, 5) is 30.6. The molecule has 1 N–H and O–H groups in total. The maximum absolute atomic E-state index is 14.1. The Morgan fingerprint density at radius 1 is 1.18 bits per heavy atom. The fourth-order valence-corrected chi connectivity index (χ4v) is 3.75. The highest BCUT2D eigenvalue weighted by Gasteiger charge is 2.36. The fourth-order valence-electron chi connectivity index (χ4n) is 3.75. The van der Waals surface area contributed by atoms with Crippen molar-refractivity contribution in [2.45, 2.75) is 26.0 Å². The van der Waals surface area contributed by atoms with Crippen molar-refractivity contribution in [2.75, 3.05) is 11.4 Å². The van der Waals surface area contributed by atoms with E-state index in [0.29, 0.717) is 12.4 Å². The van der Waals surface area contributed by atoms with Gasteiger partial charge >= 0.3 is 0 Å². The topological polar surface area (TPSA) is 71.5 Å². The second-order valence-corrected chi connectivity index (χ2v) is 7.91. The second-order valence-electron chi connectivity index (χ2n) is 7.91. The molecular weight excluding hydrogens is 428 g/mol. The van der Waals surface area contributed by atoms with Gasteiger partial charge in [-0.15, -0.1) is 0 Å². The molecule has 2 amide bonds. The number of halogens is 2. The molecule has 1 aliphatic heterocycles. The monoisotopic (exact) mass is 451 g/mol. The minimum absolute atomic E-state index is 0.0255. The lowest BCUT2D eigenvalue weighted by molar-refractivity contribution is -0.126. The molecule has 2 unspecified atom stereocenters. The second kappa shape index (κ2) is 9.77. The lowest BCUT2D eigenvalue weighted by Gasteiger charge is -2.19. The van der Waals surface area contributed by atoms with Gasteiger partial charge in [-0.1, -0.05) is 18.2 Å². The van der Waals surface area contributed by atoms with E-state index >= 15 is 0 Å². The SMILES string of the molecule is CC(NC(=O)C1CC(=O)N(c2ccc(F)cc2F)C1)c1cccc(OCc2ccccn2)c1. The van der Waals surface area contributed by atoms with E-state index in [0.717, 1.165) is 23.4 Å². The zero-order valence-electron chi connectivity index (χ0n) is 18.0. The van der Waals surface area contributed by atoms with Crippen molar-refractivity contribution in [1.29, 1.82) is 0 Å². The third-order valence-corrected chi connectivity index (χ3v) is 5.53. The van der Waals surface area contributed by atoms with Gasteiger partial charge in [-0.3, -0.25) is 14.6 Å². The first-order valence-corrected chi connectivity index (χ1v) is 10.6. The number of hydrogen-bond donors (Lipinski definition) is 1. The summed E-state index contributed by atoms with van der Waals surface area (Å²) in [6.07, 6.45) is 1.66. The number of nitrogens with one attached hydrogen (secondary N) is 1. The van der Waals surface area contributed by atoms with Crippen molar-refractivity contribution in [3.8, 4) is 5.75 Å². The summed E-state index contributed by atoms with van der Waals surface area (Å²) in [5, 5.41) is 2.92. The summed E-state index contributed by atoms with van der Waals surface area (Å²) in [6, 6.07) is 15.7. The summed E-state index contributed by atoms with van der Waals surface area (Å²) in [7, 11) is 0. The predicted molar refractivity (Wildman–Crippen MR) is 118 cm³/mol. The first-order chi connectivity index (χ1) is 15.9. The minimum Gasteiger partial charge on any atom is -0.487 e. The lowest BCUT2D eigenvalue weighted by Crippen LogP contribution is -2.34. The number of nitrogens with zero attached hydrogens (tertiary/aromatic N) is 2. The smallest absolute Gasteiger partial charge is 0.227 e. The molecule has 4 rings (SSSR count). The van der Waals surface area contributed by atoms with Gasteiger partial charge in [0.05, 0.1) is 23.3 Å². The summed E-state index contributed by atoms with van der Waals surface area (Å²) in [5.74, 6) is -2.22. The van der Waals surface area contributed by atoms with E-state index in [4.69, 9.17) is 4.74 Å². The predicted octanol–water partition coefficient (Wildman–Crippen LogP) is 4.17. The van der Waals surface area contributed by atoms with Gasteiger partial charge in [-0.25, -0.2) is 8.78 Å². The number of aromatic nitrogens is 1. The number of amides is 2. The van der Waals surface area contributed by atoms with E-state index in [-0.39, 0.29) is 36.5 Å². The van der Waals surface area contributed by atoms with Gasteiger partial charge in [0.2, 0.25) is 11.8 Å². The number of ether oxygens (including phenoxy) is 1. The van der Waals surface area contributed by atoms with Crippen molar-refractivity contribution >= 4 is 17.5 Å². The Morgan fingerprint density at radius 3 is 2.79 bits per heavy atom. The van der Waals surface area contributed by atoms with Crippen LogP contribution >= 0.6 is 0 Å². The molecule has 1 saturated heterocycles. The third-order valence-electron chi connectivity index (χ3n) is 5.53. The molecule has 0 radical (unpaired) electrons. The molecule has 0 aliphatic carbocycles. The number of rotatable bonds is 7. The number of anilines is 1. The Hall–Kier alpha value is -3.81. The van der Waals surface area contributed by atoms with E-state index in [2.05, 4.69) is 10.3 Å². The van der Waals surface area contributed by atoms with E-state index in [1.54, 1.807) is 6.20 Å². The first kappa shape index (κ1) is 22.4. The zero-order valence-corrected chi connectivity index (χ0v) is 18.0. The molecule has 6 nitrogen and oxygen atoms in total. The summed E-state index contributed by atoms with van der Waals surface area (Å²) < 4.78 is 33.1. The Morgan fingerprint density at radius 2 is 2.03 bits per heavy atom. The summed E-state index contributed by atoms with van der Waals surface area (Å²) in [5.41, 5.74) is 1.62. The average Bonchev–Trinajstić information content (AvgIpc) is 3.20. The molecule has 8 heteroatoms. The van der Waals surface area contributed by atoms with Crippen LogP contribution in [0.25, 0.3) is 0 Å². The molecule has 1 aliphatic rings. The lowest BCUT2D eigenvalue weighted by atomic mass is 10.0. The first-order valence-electron chi connectivity index (χ1n) is 10.6. The molecular formula is C25H23F2N3O3. The third kappa shape index (κ3) is 5.34. The van der Waals surface area contributed by atoms with Gasteiger partial charge in [-0.05, 0) is 48.9 Å². The van der Waals surface area contributed by atoms with Crippen LogP contribution in [0.3, 0.4) is 0 Å². The molecule has 170 valence electrons. The average molecular weight is 451 g/mol. The van der Waals surface area contributed by atoms with Gasteiger partial charge in [0.25, 0.3) is 0 Å². The van der Waals surface area contributed by atoms with Crippen molar-refractivity contribution in [3.05, 3.63) is 89.8 Å². The zero-order chi connectivity index (χ0) is 23.4. The normalized spacial score (nSPS) is 16.5. The molecule has 0 saturated carbocycles. The molecule has 2 heterocycles. The standard InChI is InChI=1S/C25H23F2N3O3/c1-16(17-5-4-7-21(11-17)33-15-20-6-2-3-10-28-20)29-25(32)18-12-24(31)30(14-18)23-9-8-19(26)13-22(23)27/h2-11,13,16,18H,12,14-15H2,1H3,(H,29,32). The van der Waals surface area contributed by atoms with Crippen molar-refractivity contribution in [2.24, 2.45) is 5.92 Å². The fraction of sp³-hybridized carbons (Fsp3) is 0.240. The quantitative estimate of drug-likeness (QED) is 0.585. The summed E-state index contributed by atoms with van der Waals surface area (Å²) in [6.45, 7) is 2.20. The van der Waals surface area contributed by atoms with Crippen LogP contribution in [-0.2, 0) is 16.2 Å². The van der Waals surface area contributed by atoms with Crippen molar-refractivity contribution in [3.63, 3.8) is 0 Å². The highest BCUT2D eigenvalue weighted by Crippen LogP contribution is 2.29. The highest BCUT2D eigenvalue weighted by molar-refractivity contribution is 6.00. The molecule has 1 fully saturated rings. The van der Waals surface area contributed by atoms with Gasteiger partial charge in [0, 0.05) is 25.2 Å². The van der Waals surface area contributed by atoms with Gasteiger partial charge in [-0.2, -0.15) is 0 Å². The largest absolute Gasteiger partial charge is 0.487 e. The van der Waals surface area contributed by atoms with E-state index in [1.807, 2.05) is 49.4 Å². The molecule has 3 aromatic rings. The molecule has 2 aromatic carbocycles. The maximum atomic E-state index is 14.1. The Balaban J connectivity index is 1.37. The molecule has 0 spiro atoms. The molecule has 0 bridgehead atoms. The molecule has 2 atom stereocenters. The van der Waals surface area contributed by atoms with Gasteiger partial charge < -0.3 is 15.0 Å². The molecule has 1 aromatic heterocycles. The van der Waals surface area contributed by atoms with Crippen LogP contribution in [0.1, 0.15) is 30.6 Å². The Bertz CT molecular complexity index is 1160. The highest BCUT2D eigenvalue weighted by atomic mass is 19.1. The van der Waals surface area contributed by atoms with Gasteiger partial charge in [0.1, 0.15) is 24.0 Å². The van der Waals surface area contributed by atoms with Crippen LogP contribution in [-0.4, -0.2) is 23.3 Å². The molecule has 33 heavy (non-hydrogen) atoms.